The Balaban J connectivity index is 2.08. The number of esters is 1. The minimum Gasteiger partial charge on any atom is -0.465 e. The van der Waals surface area contributed by atoms with Gasteiger partial charge in [-0.25, -0.2) is 9.59 Å². The summed E-state index contributed by atoms with van der Waals surface area (Å²) >= 11 is 1.12. The van der Waals surface area contributed by atoms with E-state index in [4.69, 9.17) is 18.9 Å². The largest absolute Gasteiger partial charge is 0.465 e. The van der Waals surface area contributed by atoms with Crippen molar-refractivity contribution in [2.75, 3.05) is 35.0 Å². The second kappa shape index (κ2) is 6.98. The van der Waals surface area contributed by atoms with Gasteiger partial charge in [0.2, 0.25) is 0 Å². The van der Waals surface area contributed by atoms with Gasteiger partial charge in [-0.1, -0.05) is 0 Å². The van der Waals surface area contributed by atoms with Gasteiger partial charge in [-0.05, 0) is 11.6 Å². The van der Waals surface area contributed by atoms with Crippen LogP contribution >= 0.6 is 11.3 Å². The summed E-state index contributed by atoms with van der Waals surface area (Å²) in [5, 5.41) is 0. The van der Waals surface area contributed by atoms with Gasteiger partial charge in [0, 0.05) is 39.0 Å². The van der Waals surface area contributed by atoms with E-state index < -0.39 is 17.8 Å². The van der Waals surface area contributed by atoms with E-state index in [0.29, 0.717) is 16.2 Å². The van der Waals surface area contributed by atoms with E-state index in [1.807, 2.05) is 0 Å². The molecule has 1 aliphatic carbocycles. The van der Waals surface area contributed by atoms with E-state index in [2.05, 4.69) is 0 Å². The number of likely N-dealkylation sites (tertiary alicyclic amines) is 1. The number of methoxy groups -OCH3 is 4. The zero-order chi connectivity index (χ0) is 19.1. The molecule has 1 aromatic rings. The molecule has 1 aromatic heterocycles. The van der Waals surface area contributed by atoms with Crippen LogP contribution < -0.4 is 0 Å². The SMILES string of the molecule is COC(=O)c1cc2c(s1)C(=O)C[C@H]1[C@@H]2CC(OC)(OC)CN1C(=O)OC. The number of ether oxygens (including phenoxy) is 4. The van der Waals surface area contributed by atoms with E-state index in [1.165, 1.54) is 33.3 Å². The molecule has 0 aromatic carbocycles. The third-order valence-corrected chi connectivity index (χ3v) is 6.33. The van der Waals surface area contributed by atoms with Gasteiger partial charge >= 0.3 is 12.1 Å². The predicted octanol–water partition coefficient (Wildman–Crippen LogP) is 2.03. The van der Waals surface area contributed by atoms with Crippen LogP contribution in [0.25, 0.3) is 0 Å². The molecule has 142 valence electrons. The fourth-order valence-corrected chi connectivity index (χ4v) is 4.88. The summed E-state index contributed by atoms with van der Waals surface area (Å²) in [5.74, 6) is -1.82. The van der Waals surface area contributed by atoms with Crippen LogP contribution in [0.15, 0.2) is 6.07 Å². The molecule has 1 aliphatic heterocycles. The van der Waals surface area contributed by atoms with E-state index in [-0.39, 0.29) is 30.7 Å². The standard InChI is InChI=1S/C17H21NO7S/c1-22-15(20)13-5-9-10-7-17(24-3,25-4)8-18(16(21)23-2)11(10)6-12(19)14(9)26-13/h5,10-11H,6-8H2,1-4H3/t10-,11+/m1/s1. The summed E-state index contributed by atoms with van der Waals surface area (Å²) in [6.45, 7) is 0.157. The number of amides is 1. The van der Waals surface area contributed by atoms with Crippen LogP contribution in [-0.4, -0.2) is 69.6 Å². The number of rotatable bonds is 3. The topological polar surface area (TPSA) is 91.4 Å². The van der Waals surface area contributed by atoms with Crippen molar-refractivity contribution < 1.29 is 33.3 Å². The van der Waals surface area contributed by atoms with E-state index >= 15 is 0 Å². The molecule has 8 nitrogen and oxygen atoms in total. The lowest BCUT2D eigenvalue weighted by molar-refractivity contribution is -0.238. The first-order valence-corrected chi connectivity index (χ1v) is 8.91. The van der Waals surface area contributed by atoms with Crippen LogP contribution in [0.1, 0.15) is 43.7 Å². The summed E-state index contributed by atoms with van der Waals surface area (Å²) in [6, 6.07) is 1.30. The number of fused-ring (bicyclic) bond motifs is 3. The molecule has 1 amide bonds. The Bertz CT molecular complexity index is 739. The van der Waals surface area contributed by atoms with Gasteiger partial charge in [-0.15, -0.1) is 11.3 Å². The second-order valence-electron chi connectivity index (χ2n) is 6.31. The minimum absolute atomic E-state index is 0.0994. The normalized spacial score (nSPS) is 23.8. The van der Waals surface area contributed by atoms with Crippen LogP contribution in [-0.2, 0) is 18.9 Å². The Labute approximate surface area is 155 Å². The lowest BCUT2D eigenvalue weighted by Crippen LogP contribution is -2.60. The highest BCUT2D eigenvalue weighted by atomic mass is 32.1. The summed E-state index contributed by atoms with van der Waals surface area (Å²) in [4.78, 5) is 39.2. The van der Waals surface area contributed by atoms with Crippen molar-refractivity contribution in [2.45, 2.75) is 30.6 Å². The molecule has 1 fully saturated rings. The zero-order valence-electron chi connectivity index (χ0n) is 15.1. The van der Waals surface area contributed by atoms with Gasteiger partial charge in [-0.2, -0.15) is 0 Å². The monoisotopic (exact) mass is 383 g/mol. The van der Waals surface area contributed by atoms with Crippen molar-refractivity contribution in [1.29, 1.82) is 0 Å². The van der Waals surface area contributed by atoms with E-state index in [9.17, 15) is 14.4 Å². The number of nitrogens with zero attached hydrogens (tertiary/aromatic N) is 1. The van der Waals surface area contributed by atoms with Crippen LogP contribution in [0.5, 0.6) is 0 Å². The van der Waals surface area contributed by atoms with Crippen molar-refractivity contribution in [3.8, 4) is 0 Å². The van der Waals surface area contributed by atoms with Crippen LogP contribution in [0.3, 0.4) is 0 Å². The summed E-state index contributed by atoms with van der Waals surface area (Å²) in [6.07, 6.45) is 0.0746. The lowest BCUT2D eigenvalue weighted by atomic mass is 9.75. The Hall–Kier alpha value is -1.97. The maximum atomic E-state index is 12.6. The Morgan fingerprint density at radius 3 is 2.46 bits per heavy atom. The molecule has 0 N–H and O–H groups in total. The molecule has 9 heteroatoms. The summed E-state index contributed by atoms with van der Waals surface area (Å²) < 4.78 is 20.8. The Morgan fingerprint density at radius 2 is 1.88 bits per heavy atom. The molecule has 2 heterocycles. The summed E-state index contributed by atoms with van der Waals surface area (Å²) in [5.41, 5.74) is 0.726. The first kappa shape index (κ1) is 18.8. The molecule has 0 unspecified atom stereocenters. The molecule has 0 spiro atoms. The molecule has 2 aliphatic rings. The molecule has 2 atom stereocenters. The maximum absolute atomic E-state index is 12.6. The average molecular weight is 383 g/mol. The maximum Gasteiger partial charge on any atom is 0.409 e. The van der Waals surface area contributed by atoms with Gasteiger partial charge in [0.05, 0.1) is 25.6 Å². The second-order valence-corrected chi connectivity index (χ2v) is 7.36. The first-order valence-electron chi connectivity index (χ1n) is 8.09. The quantitative estimate of drug-likeness (QED) is 0.583. The van der Waals surface area contributed by atoms with Gasteiger partial charge in [0.1, 0.15) is 4.88 Å². The molecule has 0 bridgehead atoms. The number of piperidine rings is 1. The highest BCUT2D eigenvalue weighted by molar-refractivity contribution is 7.16. The molecular weight excluding hydrogens is 362 g/mol. The smallest absolute Gasteiger partial charge is 0.409 e. The van der Waals surface area contributed by atoms with Crippen molar-refractivity contribution >= 4 is 29.2 Å². The zero-order valence-corrected chi connectivity index (χ0v) is 15.9. The van der Waals surface area contributed by atoms with Crippen molar-refractivity contribution in [2.24, 2.45) is 0 Å². The molecule has 1 saturated heterocycles. The molecule has 0 saturated carbocycles. The number of Topliss-reactive ketones (excluding diaryl/α,β-unsaturated/α-hetero) is 1. The van der Waals surface area contributed by atoms with Crippen molar-refractivity contribution in [3.05, 3.63) is 21.4 Å². The van der Waals surface area contributed by atoms with Crippen LogP contribution in [0.2, 0.25) is 0 Å². The van der Waals surface area contributed by atoms with Gasteiger partial charge in [0.25, 0.3) is 0 Å². The summed E-state index contributed by atoms with van der Waals surface area (Å²) in [7, 11) is 5.62. The highest BCUT2D eigenvalue weighted by Crippen LogP contribution is 2.47. The van der Waals surface area contributed by atoms with Crippen molar-refractivity contribution in [1.82, 2.24) is 4.90 Å². The lowest BCUT2D eigenvalue weighted by Gasteiger charge is -2.49. The van der Waals surface area contributed by atoms with Gasteiger partial charge < -0.3 is 18.9 Å². The molecular formula is C17H21NO7S. The minimum atomic E-state index is -1.01. The van der Waals surface area contributed by atoms with E-state index in [1.54, 1.807) is 6.07 Å². The third kappa shape index (κ3) is 2.89. The Morgan fingerprint density at radius 1 is 1.19 bits per heavy atom. The predicted molar refractivity (Wildman–Crippen MR) is 91.6 cm³/mol. The van der Waals surface area contributed by atoms with E-state index in [0.717, 1.165) is 16.9 Å². The molecule has 0 radical (unpaired) electrons. The fraction of sp³-hybridized carbons (Fsp3) is 0.588. The fourth-order valence-electron chi connectivity index (χ4n) is 3.78. The number of thiophene rings is 1. The molecule has 3 rings (SSSR count). The van der Waals surface area contributed by atoms with Gasteiger partial charge in [0.15, 0.2) is 11.6 Å². The highest BCUT2D eigenvalue weighted by Gasteiger charge is 2.52. The number of ketones is 1. The number of carbonyl (C=O) groups excluding carboxylic acids is 3. The van der Waals surface area contributed by atoms with Crippen LogP contribution in [0, 0.1) is 0 Å². The molecule has 26 heavy (non-hydrogen) atoms. The Kier molecular flexibility index (Phi) is 5.05. The van der Waals surface area contributed by atoms with Crippen molar-refractivity contribution in [3.63, 3.8) is 0 Å². The van der Waals surface area contributed by atoms with Crippen LogP contribution in [0.4, 0.5) is 4.79 Å². The number of hydrogen-bond donors (Lipinski definition) is 0. The average Bonchev–Trinajstić information content (AvgIpc) is 3.13. The number of hydrogen-bond acceptors (Lipinski definition) is 8. The third-order valence-electron chi connectivity index (χ3n) is 5.15. The van der Waals surface area contributed by atoms with Gasteiger partial charge in [-0.3, -0.25) is 9.69 Å². The first-order chi connectivity index (χ1) is 12.4. The number of carbonyl (C=O) groups is 3.